The van der Waals surface area contributed by atoms with Crippen LogP contribution in [-0.2, 0) is 27.3 Å². The number of benzene rings is 1. The molecule has 1 fully saturated rings. The lowest BCUT2D eigenvalue weighted by atomic mass is 10.0. The predicted molar refractivity (Wildman–Crippen MR) is 73.1 cm³/mol. The van der Waals surface area contributed by atoms with Gasteiger partial charge in [-0.2, -0.15) is 0 Å². The van der Waals surface area contributed by atoms with Gasteiger partial charge in [0.1, 0.15) is 0 Å². The molecule has 0 saturated carbocycles. The highest BCUT2D eigenvalue weighted by molar-refractivity contribution is 5.79. The fourth-order valence-corrected chi connectivity index (χ4v) is 2.45. The fraction of sp³-hybridized carbons (Fsp3) is 0.467. The molecule has 1 heterocycles. The van der Waals surface area contributed by atoms with Crippen LogP contribution in [0.15, 0.2) is 24.3 Å². The van der Waals surface area contributed by atoms with Crippen molar-refractivity contribution in [2.45, 2.75) is 32.4 Å². The lowest BCUT2D eigenvalue weighted by molar-refractivity contribution is -0.136. The molecular weight excluding hydrogens is 258 g/mol. The minimum atomic E-state index is -0.874. The lowest BCUT2D eigenvalue weighted by Gasteiger charge is -2.15. The Morgan fingerprint density at radius 3 is 2.65 bits per heavy atom. The van der Waals surface area contributed by atoms with Gasteiger partial charge in [0, 0.05) is 13.2 Å². The van der Waals surface area contributed by atoms with Crippen LogP contribution in [0.25, 0.3) is 0 Å². The summed E-state index contributed by atoms with van der Waals surface area (Å²) in [6, 6.07) is 7.26. The molecule has 2 rings (SSSR count). The average molecular weight is 277 g/mol. The Balaban J connectivity index is 1.96. The molecule has 1 aromatic rings. The maximum absolute atomic E-state index is 12.1. The molecule has 5 heteroatoms. The van der Waals surface area contributed by atoms with Gasteiger partial charge in [0.05, 0.1) is 18.4 Å². The molecule has 2 unspecified atom stereocenters. The van der Waals surface area contributed by atoms with Crippen LogP contribution < -0.4 is 5.32 Å². The minimum absolute atomic E-state index is 0.0277. The topological polar surface area (TPSA) is 75.6 Å². The molecule has 0 spiro atoms. The standard InChI is InChI=1S/C15H19NO4/c1-10-13(6-7-20-10)15(19)16-9-12-5-3-2-4-11(12)8-14(17)18/h2-5,10,13H,6-9H2,1H3,(H,16,19)(H,17,18). The first-order valence-corrected chi connectivity index (χ1v) is 6.76. The van der Waals surface area contributed by atoms with Gasteiger partial charge >= 0.3 is 5.97 Å². The summed E-state index contributed by atoms with van der Waals surface area (Å²) < 4.78 is 5.38. The van der Waals surface area contributed by atoms with E-state index < -0.39 is 5.97 Å². The lowest BCUT2D eigenvalue weighted by Crippen LogP contribution is -2.34. The van der Waals surface area contributed by atoms with Crippen molar-refractivity contribution in [3.8, 4) is 0 Å². The van der Waals surface area contributed by atoms with Crippen LogP contribution in [0.2, 0.25) is 0 Å². The molecule has 1 saturated heterocycles. The molecule has 1 aromatic carbocycles. The zero-order valence-electron chi connectivity index (χ0n) is 11.5. The summed E-state index contributed by atoms with van der Waals surface area (Å²) in [6.07, 6.45) is 0.655. The predicted octanol–water partition coefficient (Wildman–Crippen LogP) is 1.35. The Labute approximate surface area is 117 Å². The van der Waals surface area contributed by atoms with E-state index in [9.17, 15) is 9.59 Å². The molecule has 1 amide bonds. The van der Waals surface area contributed by atoms with Gasteiger partial charge in [0.2, 0.25) is 5.91 Å². The number of ether oxygens (including phenoxy) is 1. The van der Waals surface area contributed by atoms with Crippen LogP contribution in [0.3, 0.4) is 0 Å². The number of amides is 1. The second-order valence-electron chi connectivity index (χ2n) is 5.03. The summed E-state index contributed by atoms with van der Waals surface area (Å²) in [7, 11) is 0. The van der Waals surface area contributed by atoms with Crippen molar-refractivity contribution >= 4 is 11.9 Å². The molecular formula is C15H19NO4. The third kappa shape index (κ3) is 3.57. The molecule has 0 bridgehead atoms. The number of carbonyl (C=O) groups is 2. The average Bonchev–Trinajstić information content (AvgIpc) is 2.83. The maximum atomic E-state index is 12.1. The van der Waals surface area contributed by atoms with Crippen LogP contribution in [0.5, 0.6) is 0 Å². The monoisotopic (exact) mass is 277 g/mol. The van der Waals surface area contributed by atoms with Crippen LogP contribution in [-0.4, -0.2) is 29.7 Å². The van der Waals surface area contributed by atoms with Crippen LogP contribution in [0, 0.1) is 5.92 Å². The van der Waals surface area contributed by atoms with Crippen LogP contribution in [0.1, 0.15) is 24.5 Å². The van der Waals surface area contributed by atoms with E-state index in [0.717, 1.165) is 17.5 Å². The van der Waals surface area contributed by atoms with E-state index in [1.165, 1.54) is 0 Å². The van der Waals surface area contributed by atoms with Crippen molar-refractivity contribution in [1.82, 2.24) is 5.32 Å². The van der Waals surface area contributed by atoms with Gasteiger partial charge in [-0.05, 0) is 24.5 Å². The van der Waals surface area contributed by atoms with Crippen molar-refractivity contribution in [1.29, 1.82) is 0 Å². The smallest absolute Gasteiger partial charge is 0.307 e. The number of aliphatic carboxylic acids is 1. The molecule has 2 atom stereocenters. The largest absolute Gasteiger partial charge is 0.481 e. The molecule has 1 aliphatic rings. The number of carbonyl (C=O) groups excluding carboxylic acids is 1. The Morgan fingerprint density at radius 1 is 1.35 bits per heavy atom. The van der Waals surface area contributed by atoms with Crippen LogP contribution >= 0.6 is 0 Å². The maximum Gasteiger partial charge on any atom is 0.307 e. The summed E-state index contributed by atoms with van der Waals surface area (Å²) in [6.45, 7) is 2.87. The Kier molecular flexibility index (Phi) is 4.74. The SMILES string of the molecule is CC1OCCC1C(=O)NCc1ccccc1CC(=O)O. The van der Waals surface area contributed by atoms with Gasteiger partial charge in [0.15, 0.2) is 0 Å². The summed E-state index contributed by atoms with van der Waals surface area (Å²) >= 11 is 0. The third-order valence-corrected chi connectivity index (χ3v) is 3.63. The van der Waals surface area contributed by atoms with Crippen molar-refractivity contribution in [2.24, 2.45) is 5.92 Å². The van der Waals surface area contributed by atoms with E-state index in [4.69, 9.17) is 9.84 Å². The van der Waals surface area contributed by atoms with E-state index in [1.807, 2.05) is 19.1 Å². The number of nitrogens with one attached hydrogen (secondary N) is 1. The van der Waals surface area contributed by atoms with Gasteiger partial charge < -0.3 is 15.2 Å². The van der Waals surface area contributed by atoms with Crippen LogP contribution in [0.4, 0.5) is 0 Å². The van der Waals surface area contributed by atoms with Crippen molar-refractivity contribution < 1.29 is 19.4 Å². The quantitative estimate of drug-likeness (QED) is 0.852. The normalized spacial score (nSPS) is 21.6. The first-order chi connectivity index (χ1) is 9.58. The highest BCUT2D eigenvalue weighted by Crippen LogP contribution is 2.20. The van der Waals surface area contributed by atoms with E-state index in [2.05, 4.69) is 5.32 Å². The molecule has 0 radical (unpaired) electrons. The van der Waals surface area contributed by atoms with Crippen molar-refractivity contribution in [2.75, 3.05) is 6.61 Å². The molecule has 20 heavy (non-hydrogen) atoms. The Bertz CT molecular complexity index is 500. The highest BCUT2D eigenvalue weighted by Gasteiger charge is 2.30. The molecule has 5 nitrogen and oxygen atoms in total. The van der Waals surface area contributed by atoms with Gasteiger partial charge in [-0.1, -0.05) is 24.3 Å². The number of hydrogen-bond acceptors (Lipinski definition) is 3. The number of carboxylic acids is 1. The number of rotatable bonds is 5. The highest BCUT2D eigenvalue weighted by atomic mass is 16.5. The third-order valence-electron chi connectivity index (χ3n) is 3.63. The Morgan fingerprint density at radius 2 is 2.05 bits per heavy atom. The summed E-state index contributed by atoms with van der Waals surface area (Å²) in [5.41, 5.74) is 1.57. The fourth-order valence-electron chi connectivity index (χ4n) is 2.45. The second kappa shape index (κ2) is 6.52. The number of hydrogen-bond donors (Lipinski definition) is 2. The Hall–Kier alpha value is -1.88. The minimum Gasteiger partial charge on any atom is -0.481 e. The molecule has 108 valence electrons. The molecule has 0 aliphatic carbocycles. The summed E-state index contributed by atoms with van der Waals surface area (Å²) in [4.78, 5) is 22.9. The van der Waals surface area contributed by atoms with Gasteiger partial charge in [-0.15, -0.1) is 0 Å². The van der Waals surface area contributed by atoms with Gasteiger partial charge in [-0.25, -0.2) is 0 Å². The van der Waals surface area contributed by atoms with Gasteiger partial charge in [0.25, 0.3) is 0 Å². The molecule has 0 aromatic heterocycles. The van der Waals surface area contributed by atoms with E-state index in [1.54, 1.807) is 12.1 Å². The summed E-state index contributed by atoms with van der Waals surface area (Å²) in [5.74, 6) is -1.01. The first kappa shape index (κ1) is 14.5. The van der Waals surface area contributed by atoms with Crippen molar-refractivity contribution in [3.63, 3.8) is 0 Å². The van der Waals surface area contributed by atoms with E-state index in [0.29, 0.717) is 13.2 Å². The van der Waals surface area contributed by atoms with Gasteiger partial charge in [-0.3, -0.25) is 9.59 Å². The number of carboxylic acid groups (broad SMARTS) is 1. The first-order valence-electron chi connectivity index (χ1n) is 6.76. The second-order valence-corrected chi connectivity index (χ2v) is 5.03. The van der Waals surface area contributed by atoms with Crippen molar-refractivity contribution in [3.05, 3.63) is 35.4 Å². The van der Waals surface area contributed by atoms with E-state index in [-0.39, 0.29) is 24.3 Å². The summed E-state index contributed by atoms with van der Waals surface area (Å²) in [5, 5.41) is 11.7. The zero-order chi connectivity index (χ0) is 14.5. The molecule has 2 N–H and O–H groups in total. The molecule has 1 aliphatic heterocycles. The van der Waals surface area contributed by atoms with E-state index >= 15 is 0 Å². The zero-order valence-corrected chi connectivity index (χ0v) is 11.5.